The molecule has 1 unspecified atom stereocenters. The van der Waals surface area contributed by atoms with Crippen molar-refractivity contribution in [3.05, 3.63) is 51.2 Å². The Morgan fingerprint density at radius 2 is 2.08 bits per heavy atom. The van der Waals surface area contributed by atoms with Gasteiger partial charge in [0.2, 0.25) is 0 Å². The van der Waals surface area contributed by atoms with E-state index < -0.39 is 0 Å². The van der Waals surface area contributed by atoms with E-state index in [1.165, 1.54) is 5.56 Å². The zero-order chi connectivity index (χ0) is 17.1. The molecular weight excluding hydrogens is 392 g/mol. The Bertz CT molecular complexity index is 720. The topological polar surface area (TPSA) is 57.4 Å². The summed E-state index contributed by atoms with van der Waals surface area (Å²) in [7, 11) is 0. The van der Waals surface area contributed by atoms with Crippen LogP contribution in [0.5, 0.6) is 5.75 Å². The van der Waals surface area contributed by atoms with Crippen LogP contribution >= 0.6 is 27.5 Å². The van der Waals surface area contributed by atoms with Crippen molar-refractivity contribution in [2.24, 2.45) is 0 Å². The van der Waals surface area contributed by atoms with Crippen LogP contribution in [0.4, 0.5) is 5.69 Å². The molecule has 2 heterocycles. The molecule has 0 saturated carbocycles. The fourth-order valence-electron chi connectivity index (χ4n) is 3.10. The Balaban J connectivity index is 1.89. The first-order valence-corrected chi connectivity index (χ1v) is 9.17. The highest BCUT2D eigenvalue weighted by Crippen LogP contribution is 2.38. The van der Waals surface area contributed by atoms with Crippen molar-refractivity contribution < 1.29 is 9.47 Å². The highest BCUT2D eigenvalue weighted by Gasteiger charge is 2.25. The Hall–Kier alpha value is -1.30. The van der Waals surface area contributed by atoms with Crippen molar-refractivity contribution in [2.45, 2.75) is 31.8 Å². The summed E-state index contributed by atoms with van der Waals surface area (Å²) in [6.07, 6.45) is 3.49. The third kappa shape index (κ3) is 3.85. The number of anilines is 1. The van der Waals surface area contributed by atoms with Crippen molar-refractivity contribution >= 4 is 33.2 Å². The van der Waals surface area contributed by atoms with Crippen LogP contribution in [0, 0.1) is 0 Å². The fraction of sp³-hybridized carbons (Fsp3) is 0.389. The van der Waals surface area contributed by atoms with Gasteiger partial charge in [-0.1, -0.05) is 27.5 Å². The van der Waals surface area contributed by atoms with Gasteiger partial charge in [-0.05, 0) is 55.5 Å². The summed E-state index contributed by atoms with van der Waals surface area (Å²) in [5.74, 6) is 1.06. The number of nitrogens with zero attached hydrogens (tertiary/aromatic N) is 1. The average molecular weight is 412 g/mol. The minimum atomic E-state index is -0.243. The number of hydrogen-bond donors (Lipinski definition) is 1. The monoisotopic (exact) mass is 410 g/mol. The van der Waals surface area contributed by atoms with Gasteiger partial charge in [-0.15, -0.1) is 0 Å². The largest absolute Gasteiger partial charge is 0.484 e. The van der Waals surface area contributed by atoms with Gasteiger partial charge in [-0.3, -0.25) is 0 Å². The second-order valence-electron chi connectivity index (χ2n) is 5.93. The minimum Gasteiger partial charge on any atom is -0.484 e. The Morgan fingerprint density at radius 1 is 1.33 bits per heavy atom. The minimum absolute atomic E-state index is 0.243. The van der Waals surface area contributed by atoms with E-state index in [0.29, 0.717) is 22.5 Å². The molecule has 0 amide bonds. The van der Waals surface area contributed by atoms with E-state index in [1.54, 1.807) is 6.20 Å². The maximum absolute atomic E-state index is 6.41. The molecule has 1 fully saturated rings. The van der Waals surface area contributed by atoms with Crippen molar-refractivity contribution in [1.82, 2.24) is 4.98 Å². The average Bonchev–Trinajstić information content (AvgIpc) is 2.58. The summed E-state index contributed by atoms with van der Waals surface area (Å²) in [4.78, 5) is 4.25. The van der Waals surface area contributed by atoms with Gasteiger partial charge < -0.3 is 15.2 Å². The molecular formula is C18H20BrClN2O2. The predicted molar refractivity (Wildman–Crippen MR) is 99.6 cm³/mol. The Labute approximate surface area is 155 Å². The van der Waals surface area contributed by atoms with Gasteiger partial charge in [-0.2, -0.15) is 0 Å². The molecule has 1 aromatic heterocycles. The molecule has 3 rings (SSSR count). The van der Waals surface area contributed by atoms with Crippen LogP contribution in [0.15, 0.2) is 34.9 Å². The summed E-state index contributed by atoms with van der Waals surface area (Å²) >= 11 is 9.82. The first-order chi connectivity index (χ1) is 11.6. The molecule has 0 aliphatic carbocycles. The number of halogens is 2. The van der Waals surface area contributed by atoms with Crippen LogP contribution in [-0.2, 0) is 4.74 Å². The van der Waals surface area contributed by atoms with Crippen molar-refractivity contribution in [3.63, 3.8) is 0 Å². The third-order valence-electron chi connectivity index (χ3n) is 4.32. The second-order valence-corrected chi connectivity index (χ2v) is 7.21. The van der Waals surface area contributed by atoms with Crippen LogP contribution < -0.4 is 10.5 Å². The maximum atomic E-state index is 6.41. The highest BCUT2D eigenvalue weighted by molar-refractivity contribution is 9.10. The number of aromatic nitrogens is 1. The van der Waals surface area contributed by atoms with E-state index in [1.807, 2.05) is 31.2 Å². The SMILES string of the molecule is CC(Oc1ccc(Br)cc1N)c1c(C2CCOCC2)ccnc1Cl. The number of benzene rings is 1. The van der Waals surface area contributed by atoms with E-state index >= 15 is 0 Å². The molecule has 1 aliphatic heterocycles. The van der Waals surface area contributed by atoms with Gasteiger partial charge in [0.25, 0.3) is 0 Å². The van der Waals surface area contributed by atoms with E-state index in [4.69, 9.17) is 26.8 Å². The lowest BCUT2D eigenvalue weighted by Crippen LogP contribution is -2.18. The third-order valence-corrected chi connectivity index (χ3v) is 5.11. The van der Waals surface area contributed by atoms with Crippen LogP contribution in [0.3, 0.4) is 0 Å². The molecule has 4 nitrogen and oxygen atoms in total. The molecule has 1 atom stereocenters. The molecule has 24 heavy (non-hydrogen) atoms. The van der Waals surface area contributed by atoms with Crippen molar-refractivity contribution in [1.29, 1.82) is 0 Å². The normalized spacial score (nSPS) is 16.8. The number of nitrogen functional groups attached to an aromatic ring is 1. The first kappa shape index (κ1) is 17.5. The predicted octanol–water partition coefficient (Wildman–Crippen LogP) is 5.11. The smallest absolute Gasteiger partial charge is 0.143 e. The molecule has 0 bridgehead atoms. The van der Waals surface area contributed by atoms with E-state index in [9.17, 15) is 0 Å². The van der Waals surface area contributed by atoms with Crippen LogP contribution in [-0.4, -0.2) is 18.2 Å². The second kappa shape index (κ2) is 7.72. The zero-order valence-corrected chi connectivity index (χ0v) is 15.8. The molecule has 1 saturated heterocycles. The van der Waals surface area contributed by atoms with E-state index in [0.717, 1.165) is 36.1 Å². The molecule has 1 aromatic carbocycles. The van der Waals surface area contributed by atoms with Gasteiger partial charge in [-0.25, -0.2) is 4.98 Å². The summed E-state index contributed by atoms with van der Waals surface area (Å²) < 4.78 is 12.5. The zero-order valence-electron chi connectivity index (χ0n) is 13.5. The van der Waals surface area contributed by atoms with Gasteiger partial charge in [0.15, 0.2) is 0 Å². The first-order valence-electron chi connectivity index (χ1n) is 8.00. The summed E-state index contributed by atoms with van der Waals surface area (Å²) in [6.45, 7) is 3.53. The molecule has 6 heteroatoms. The number of hydrogen-bond acceptors (Lipinski definition) is 4. The number of nitrogens with two attached hydrogens (primary N) is 1. The summed E-state index contributed by atoms with van der Waals surface area (Å²) in [5.41, 5.74) is 8.77. The molecule has 0 radical (unpaired) electrons. The van der Waals surface area contributed by atoms with Gasteiger partial charge in [0, 0.05) is 29.4 Å². The molecule has 0 spiro atoms. The van der Waals surface area contributed by atoms with E-state index in [2.05, 4.69) is 20.9 Å². The van der Waals surface area contributed by atoms with Crippen molar-refractivity contribution in [2.75, 3.05) is 18.9 Å². The van der Waals surface area contributed by atoms with E-state index in [-0.39, 0.29) is 6.10 Å². The van der Waals surface area contributed by atoms with Gasteiger partial charge in [0.1, 0.15) is 17.0 Å². The van der Waals surface area contributed by atoms with Gasteiger partial charge >= 0.3 is 0 Å². The van der Waals surface area contributed by atoms with Crippen molar-refractivity contribution in [3.8, 4) is 5.75 Å². The fourth-order valence-corrected chi connectivity index (χ4v) is 3.80. The summed E-state index contributed by atoms with van der Waals surface area (Å²) in [5, 5.41) is 0.488. The van der Waals surface area contributed by atoms with Gasteiger partial charge in [0.05, 0.1) is 5.69 Å². The van der Waals surface area contributed by atoms with Crippen LogP contribution in [0.25, 0.3) is 0 Å². The molecule has 2 N–H and O–H groups in total. The Morgan fingerprint density at radius 3 is 2.79 bits per heavy atom. The molecule has 128 valence electrons. The lowest BCUT2D eigenvalue weighted by atomic mass is 9.88. The molecule has 2 aromatic rings. The molecule has 1 aliphatic rings. The van der Waals surface area contributed by atoms with Crippen LogP contribution in [0.2, 0.25) is 5.15 Å². The quantitative estimate of drug-likeness (QED) is 0.561. The maximum Gasteiger partial charge on any atom is 0.143 e. The number of pyridine rings is 1. The standard InChI is InChI=1S/C18H20BrClN2O2/c1-11(24-16-3-2-13(19)10-15(16)21)17-14(4-7-22-18(17)20)12-5-8-23-9-6-12/h2-4,7,10-12H,5-6,8-9,21H2,1H3. The Kier molecular flexibility index (Phi) is 5.64. The highest BCUT2D eigenvalue weighted by atomic mass is 79.9. The number of ether oxygens (including phenoxy) is 2. The lowest BCUT2D eigenvalue weighted by Gasteiger charge is -2.27. The lowest BCUT2D eigenvalue weighted by molar-refractivity contribution is 0.0846. The van der Waals surface area contributed by atoms with Crippen LogP contribution in [0.1, 0.15) is 42.9 Å². The summed E-state index contributed by atoms with van der Waals surface area (Å²) in [6, 6.07) is 7.63. The number of rotatable bonds is 4.